The summed E-state index contributed by atoms with van der Waals surface area (Å²) in [5.41, 5.74) is 0.926. The standard InChI is InChI=1S/C11H13NOS/c1-11(2)8-12(10(14)13-11)9-6-4-3-5-7-9/h3-7H,8H2,1-2H3. The molecule has 1 aromatic carbocycles. The van der Waals surface area contributed by atoms with Crippen molar-refractivity contribution in [3.05, 3.63) is 30.3 Å². The van der Waals surface area contributed by atoms with Crippen molar-refractivity contribution in [2.45, 2.75) is 19.4 Å². The van der Waals surface area contributed by atoms with E-state index in [-0.39, 0.29) is 5.60 Å². The molecule has 1 heterocycles. The topological polar surface area (TPSA) is 12.5 Å². The van der Waals surface area contributed by atoms with Gasteiger partial charge in [0.1, 0.15) is 5.60 Å². The quantitative estimate of drug-likeness (QED) is 0.657. The van der Waals surface area contributed by atoms with Crippen LogP contribution in [0.15, 0.2) is 30.3 Å². The number of benzene rings is 1. The Bertz CT molecular complexity index is 348. The molecule has 14 heavy (non-hydrogen) atoms. The average molecular weight is 207 g/mol. The zero-order valence-corrected chi connectivity index (χ0v) is 9.17. The Hall–Kier alpha value is -1.09. The molecule has 1 aliphatic rings. The number of para-hydroxylation sites is 1. The maximum Gasteiger partial charge on any atom is 0.264 e. The highest BCUT2D eigenvalue weighted by molar-refractivity contribution is 7.80. The largest absolute Gasteiger partial charge is 0.463 e. The molecule has 2 rings (SSSR count). The maximum atomic E-state index is 5.57. The van der Waals surface area contributed by atoms with Gasteiger partial charge in [-0.25, -0.2) is 0 Å². The van der Waals surface area contributed by atoms with Crippen molar-refractivity contribution in [3.8, 4) is 0 Å². The Kier molecular flexibility index (Phi) is 2.19. The van der Waals surface area contributed by atoms with Crippen LogP contribution in [0, 0.1) is 0 Å². The summed E-state index contributed by atoms with van der Waals surface area (Å²) in [6, 6.07) is 10.1. The normalized spacial score (nSPS) is 19.6. The number of rotatable bonds is 1. The summed E-state index contributed by atoms with van der Waals surface area (Å²) >= 11 is 5.18. The van der Waals surface area contributed by atoms with Gasteiger partial charge in [0.05, 0.1) is 6.54 Å². The Morgan fingerprint density at radius 3 is 2.43 bits per heavy atom. The summed E-state index contributed by atoms with van der Waals surface area (Å²) in [5.74, 6) is 0. The number of hydrogen-bond donors (Lipinski definition) is 0. The number of nitrogens with zero attached hydrogens (tertiary/aromatic N) is 1. The summed E-state index contributed by atoms with van der Waals surface area (Å²) in [5, 5.41) is 0.571. The van der Waals surface area contributed by atoms with Crippen LogP contribution in [-0.2, 0) is 4.74 Å². The highest BCUT2D eigenvalue weighted by Gasteiger charge is 2.35. The van der Waals surface area contributed by atoms with Crippen LogP contribution < -0.4 is 4.90 Å². The van der Waals surface area contributed by atoms with E-state index in [1.807, 2.05) is 49.1 Å². The molecule has 74 valence electrons. The first-order chi connectivity index (χ1) is 6.58. The Morgan fingerprint density at radius 2 is 1.93 bits per heavy atom. The molecule has 0 unspecified atom stereocenters. The molecule has 1 fully saturated rings. The lowest BCUT2D eigenvalue weighted by atomic mass is 10.1. The van der Waals surface area contributed by atoms with Gasteiger partial charge >= 0.3 is 0 Å². The fourth-order valence-electron chi connectivity index (χ4n) is 1.57. The third-order valence-electron chi connectivity index (χ3n) is 2.19. The Balaban J connectivity index is 2.26. The molecule has 0 radical (unpaired) electrons. The van der Waals surface area contributed by atoms with Crippen LogP contribution in [-0.4, -0.2) is 17.3 Å². The van der Waals surface area contributed by atoms with Gasteiger partial charge in [0.25, 0.3) is 5.17 Å². The molecule has 0 N–H and O–H groups in total. The van der Waals surface area contributed by atoms with Crippen LogP contribution in [0.2, 0.25) is 0 Å². The number of thiocarbonyl (C=S) groups is 1. The molecule has 2 nitrogen and oxygen atoms in total. The van der Waals surface area contributed by atoms with E-state index in [1.54, 1.807) is 0 Å². The van der Waals surface area contributed by atoms with Crippen LogP contribution in [0.5, 0.6) is 0 Å². The zero-order chi connectivity index (χ0) is 10.2. The molecular formula is C11H13NOS. The number of ether oxygens (including phenoxy) is 1. The van der Waals surface area contributed by atoms with Gasteiger partial charge in [-0.2, -0.15) is 0 Å². The van der Waals surface area contributed by atoms with Crippen molar-refractivity contribution in [1.82, 2.24) is 0 Å². The monoisotopic (exact) mass is 207 g/mol. The number of hydrogen-bond acceptors (Lipinski definition) is 2. The van der Waals surface area contributed by atoms with E-state index in [9.17, 15) is 0 Å². The Morgan fingerprint density at radius 1 is 1.29 bits per heavy atom. The molecule has 0 amide bonds. The fraction of sp³-hybridized carbons (Fsp3) is 0.364. The van der Waals surface area contributed by atoms with E-state index >= 15 is 0 Å². The maximum absolute atomic E-state index is 5.57. The minimum atomic E-state index is -0.174. The minimum Gasteiger partial charge on any atom is -0.463 e. The molecule has 0 spiro atoms. The van der Waals surface area contributed by atoms with E-state index < -0.39 is 0 Å². The minimum absolute atomic E-state index is 0.174. The van der Waals surface area contributed by atoms with Gasteiger partial charge in [-0.15, -0.1) is 0 Å². The molecule has 0 saturated carbocycles. The lowest BCUT2D eigenvalue weighted by Gasteiger charge is -2.16. The lowest BCUT2D eigenvalue weighted by molar-refractivity contribution is 0.141. The molecule has 0 atom stereocenters. The van der Waals surface area contributed by atoms with Crippen LogP contribution in [0.4, 0.5) is 5.69 Å². The van der Waals surface area contributed by atoms with Gasteiger partial charge in [0.2, 0.25) is 0 Å². The molecular weight excluding hydrogens is 194 g/mol. The predicted molar refractivity (Wildman–Crippen MR) is 61.6 cm³/mol. The van der Waals surface area contributed by atoms with Crippen molar-refractivity contribution in [3.63, 3.8) is 0 Å². The first-order valence-corrected chi connectivity index (χ1v) is 5.05. The van der Waals surface area contributed by atoms with E-state index in [0.29, 0.717) is 5.17 Å². The molecule has 1 aromatic rings. The number of anilines is 1. The van der Waals surface area contributed by atoms with Gasteiger partial charge in [-0.3, -0.25) is 4.90 Å². The van der Waals surface area contributed by atoms with Crippen LogP contribution in [0.1, 0.15) is 13.8 Å². The summed E-state index contributed by atoms with van der Waals surface area (Å²) in [7, 11) is 0. The van der Waals surface area contributed by atoms with E-state index in [0.717, 1.165) is 12.2 Å². The second-order valence-electron chi connectivity index (χ2n) is 4.05. The second-order valence-corrected chi connectivity index (χ2v) is 4.40. The fourth-order valence-corrected chi connectivity index (χ4v) is 1.97. The highest BCUT2D eigenvalue weighted by atomic mass is 32.1. The predicted octanol–water partition coefficient (Wildman–Crippen LogP) is 2.59. The van der Waals surface area contributed by atoms with Crippen LogP contribution in [0.3, 0.4) is 0 Å². The first-order valence-electron chi connectivity index (χ1n) is 4.64. The summed E-state index contributed by atoms with van der Waals surface area (Å²) < 4.78 is 5.57. The highest BCUT2D eigenvalue weighted by Crippen LogP contribution is 2.27. The Labute approximate surface area is 89.5 Å². The molecule has 0 bridgehead atoms. The third kappa shape index (κ3) is 1.73. The van der Waals surface area contributed by atoms with Crippen molar-refractivity contribution < 1.29 is 4.74 Å². The van der Waals surface area contributed by atoms with Gasteiger partial charge in [-0.05, 0) is 38.2 Å². The molecule has 1 aliphatic heterocycles. The van der Waals surface area contributed by atoms with Crippen molar-refractivity contribution in [2.75, 3.05) is 11.4 Å². The average Bonchev–Trinajstić information content (AvgIpc) is 2.41. The third-order valence-corrected chi connectivity index (χ3v) is 2.49. The van der Waals surface area contributed by atoms with Crippen LogP contribution in [0.25, 0.3) is 0 Å². The van der Waals surface area contributed by atoms with E-state index in [2.05, 4.69) is 0 Å². The zero-order valence-electron chi connectivity index (χ0n) is 8.36. The summed E-state index contributed by atoms with van der Waals surface area (Å²) in [6.45, 7) is 4.90. The van der Waals surface area contributed by atoms with Gasteiger partial charge in [0, 0.05) is 5.69 Å². The molecule has 0 aliphatic carbocycles. The van der Waals surface area contributed by atoms with E-state index in [1.165, 1.54) is 0 Å². The smallest absolute Gasteiger partial charge is 0.264 e. The second kappa shape index (κ2) is 3.24. The van der Waals surface area contributed by atoms with Gasteiger partial charge in [0.15, 0.2) is 0 Å². The first kappa shape index (κ1) is 9.46. The molecule has 1 saturated heterocycles. The van der Waals surface area contributed by atoms with Gasteiger partial charge in [-0.1, -0.05) is 18.2 Å². The SMILES string of the molecule is CC1(C)CN(c2ccccc2)C(=S)O1. The van der Waals surface area contributed by atoms with E-state index in [4.69, 9.17) is 17.0 Å². The van der Waals surface area contributed by atoms with Crippen LogP contribution >= 0.6 is 12.2 Å². The van der Waals surface area contributed by atoms with Gasteiger partial charge < -0.3 is 4.74 Å². The molecule has 3 heteroatoms. The van der Waals surface area contributed by atoms with Crippen molar-refractivity contribution in [2.24, 2.45) is 0 Å². The van der Waals surface area contributed by atoms with Crippen molar-refractivity contribution in [1.29, 1.82) is 0 Å². The van der Waals surface area contributed by atoms with Crippen molar-refractivity contribution >= 4 is 23.1 Å². The summed E-state index contributed by atoms with van der Waals surface area (Å²) in [4.78, 5) is 2.02. The summed E-state index contributed by atoms with van der Waals surface area (Å²) in [6.07, 6.45) is 0. The molecule has 0 aromatic heterocycles. The lowest BCUT2D eigenvalue weighted by Crippen LogP contribution is -2.28.